The fourth-order valence-corrected chi connectivity index (χ4v) is 2.45. The third-order valence-electron chi connectivity index (χ3n) is 3.56. The molecule has 0 heterocycles. The average Bonchev–Trinajstić information content (AvgIpc) is 2.33. The van der Waals surface area contributed by atoms with Crippen molar-refractivity contribution in [2.24, 2.45) is 5.18 Å². The Kier molecular flexibility index (Phi) is 7.33. The maximum absolute atomic E-state index is 13.5. The van der Waals surface area contributed by atoms with Gasteiger partial charge in [-0.15, -0.1) is 0 Å². The number of halogens is 1. The number of nitroso groups, excluding NO2 is 1. The highest BCUT2D eigenvalue weighted by molar-refractivity contribution is 4.72. The molecule has 0 radical (unpaired) electrons. The van der Waals surface area contributed by atoms with Crippen LogP contribution < -0.4 is 0 Å². The molecule has 0 aliphatic heterocycles. The van der Waals surface area contributed by atoms with Crippen LogP contribution in [-0.2, 0) is 0 Å². The molecule has 100 valence electrons. The maximum Gasteiger partial charge on any atom is 0.102 e. The van der Waals surface area contributed by atoms with E-state index in [-0.39, 0.29) is 18.6 Å². The number of hydrogen-bond acceptors (Lipinski definition) is 3. The lowest BCUT2D eigenvalue weighted by Crippen LogP contribution is -2.12. The molecule has 1 saturated carbocycles. The second-order valence-electron chi connectivity index (χ2n) is 5.17. The first-order valence-electron chi connectivity index (χ1n) is 6.87. The maximum atomic E-state index is 13.5. The summed E-state index contributed by atoms with van der Waals surface area (Å²) in [5.41, 5.74) is 0. The van der Waals surface area contributed by atoms with Crippen LogP contribution in [0.4, 0.5) is 4.39 Å². The van der Waals surface area contributed by atoms with Gasteiger partial charge in [0.2, 0.25) is 0 Å². The van der Waals surface area contributed by atoms with Gasteiger partial charge >= 0.3 is 0 Å². The van der Waals surface area contributed by atoms with Crippen LogP contribution >= 0.6 is 0 Å². The highest BCUT2D eigenvalue weighted by Crippen LogP contribution is 2.20. The Labute approximate surface area is 103 Å². The number of alkyl halides is 1. The first-order chi connectivity index (χ1) is 8.22. The van der Waals surface area contributed by atoms with Gasteiger partial charge < -0.3 is 5.11 Å². The molecule has 1 aliphatic carbocycles. The molecule has 0 aromatic rings. The van der Waals surface area contributed by atoms with Crippen molar-refractivity contribution in [2.45, 2.75) is 82.5 Å². The Balaban J connectivity index is 2.38. The van der Waals surface area contributed by atoms with Crippen LogP contribution in [0.2, 0.25) is 0 Å². The van der Waals surface area contributed by atoms with Gasteiger partial charge in [-0.05, 0) is 25.7 Å². The minimum atomic E-state index is -0.907. The lowest BCUT2D eigenvalue weighted by molar-refractivity contribution is 0.146. The van der Waals surface area contributed by atoms with Crippen molar-refractivity contribution < 1.29 is 9.50 Å². The zero-order valence-corrected chi connectivity index (χ0v) is 10.5. The second-order valence-corrected chi connectivity index (χ2v) is 5.17. The van der Waals surface area contributed by atoms with Crippen molar-refractivity contribution in [2.75, 3.05) is 0 Å². The molecule has 3 unspecified atom stereocenters. The van der Waals surface area contributed by atoms with E-state index in [9.17, 15) is 14.4 Å². The first kappa shape index (κ1) is 14.6. The highest BCUT2D eigenvalue weighted by Gasteiger charge is 2.17. The fraction of sp³-hybridized carbons (Fsp3) is 1.00. The van der Waals surface area contributed by atoms with Crippen molar-refractivity contribution in [3.05, 3.63) is 4.91 Å². The van der Waals surface area contributed by atoms with E-state index < -0.39 is 6.17 Å². The van der Waals surface area contributed by atoms with Gasteiger partial charge in [0.25, 0.3) is 0 Å². The Morgan fingerprint density at radius 1 is 0.941 bits per heavy atom. The summed E-state index contributed by atoms with van der Waals surface area (Å²) in [6, 6.07) is -0.351. The van der Waals surface area contributed by atoms with Crippen molar-refractivity contribution in [1.82, 2.24) is 0 Å². The highest BCUT2D eigenvalue weighted by atomic mass is 19.1. The largest absolute Gasteiger partial charge is 0.393 e. The van der Waals surface area contributed by atoms with E-state index in [0.29, 0.717) is 12.8 Å². The molecular weight excluding hydrogens is 221 g/mol. The lowest BCUT2D eigenvalue weighted by Gasteiger charge is -2.12. The minimum Gasteiger partial charge on any atom is -0.393 e. The van der Waals surface area contributed by atoms with Crippen LogP contribution in [0.3, 0.4) is 0 Å². The molecule has 0 aromatic carbocycles. The Hall–Kier alpha value is -0.510. The molecule has 0 spiro atoms. The summed E-state index contributed by atoms with van der Waals surface area (Å²) in [5.74, 6) is 0. The number of aliphatic hydroxyl groups is 1. The van der Waals surface area contributed by atoms with Gasteiger partial charge in [0, 0.05) is 6.42 Å². The van der Waals surface area contributed by atoms with E-state index in [0.717, 1.165) is 44.9 Å². The normalized spacial score (nSPS) is 34.1. The molecule has 3 atom stereocenters. The minimum absolute atomic E-state index is 0.228. The Bertz CT molecular complexity index is 214. The molecule has 1 aliphatic rings. The van der Waals surface area contributed by atoms with Gasteiger partial charge in [-0.1, -0.05) is 37.3 Å². The smallest absolute Gasteiger partial charge is 0.102 e. The molecule has 0 aromatic heterocycles. The third-order valence-corrected chi connectivity index (χ3v) is 3.56. The predicted molar refractivity (Wildman–Crippen MR) is 66.7 cm³/mol. The van der Waals surface area contributed by atoms with Crippen LogP contribution in [0.15, 0.2) is 5.18 Å². The van der Waals surface area contributed by atoms with Crippen LogP contribution in [-0.4, -0.2) is 23.4 Å². The van der Waals surface area contributed by atoms with Gasteiger partial charge in [0.05, 0.1) is 12.1 Å². The standard InChI is InChI=1S/C13H24FNO2/c14-11-6-4-5-9-13(16)8-3-1-2-7-12(10-11)15-17/h11-13,16H,1-10H2. The molecule has 4 heteroatoms. The molecule has 1 N–H and O–H groups in total. The quantitative estimate of drug-likeness (QED) is 0.715. The van der Waals surface area contributed by atoms with Gasteiger partial charge in [-0.3, -0.25) is 0 Å². The van der Waals surface area contributed by atoms with Crippen LogP contribution in [0.5, 0.6) is 0 Å². The average molecular weight is 245 g/mol. The molecule has 0 amide bonds. The molecule has 1 fully saturated rings. The monoisotopic (exact) mass is 245 g/mol. The van der Waals surface area contributed by atoms with Crippen molar-refractivity contribution >= 4 is 0 Å². The Morgan fingerprint density at radius 3 is 2.24 bits per heavy atom. The van der Waals surface area contributed by atoms with Gasteiger partial charge in [0.1, 0.15) is 6.17 Å². The van der Waals surface area contributed by atoms with Gasteiger partial charge in [-0.2, -0.15) is 4.91 Å². The summed E-state index contributed by atoms with van der Waals surface area (Å²) >= 11 is 0. The molecule has 0 bridgehead atoms. The molecule has 0 saturated heterocycles. The number of rotatable bonds is 1. The fourth-order valence-electron chi connectivity index (χ4n) is 2.45. The molecule has 17 heavy (non-hydrogen) atoms. The molecule has 3 nitrogen and oxygen atoms in total. The van der Waals surface area contributed by atoms with E-state index >= 15 is 0 Å². The molecular formula is C13H24FNO2. The summed E-state index contributed by atoms with van der Waals surface area (Å²) in [7, 11) is 0. The number of nitrogens with zero attached hydrogens (tertiary/aromatic N) is 1. The second kappa shape index (κ2) is 8.56. The first-order valence-corrected chi connectivity index (χ1v) is 6.87. The summed E-state index contributed by atoms with van der Waals surface area (Å²) in [5, 5.41) is 12.7. The van der Waals surface area contributed by atoms with E-state index in [1.807, 2.05) is 0 Å². The lowest BCUT2D eigenvalue weighted by atomic mass is 10.0. The third kappa shape index (κ3) is 6.71. The summed E-state index contributed by atoms with van der Waals surface area (Å²) in [6.45, 7) is 0. The zero-order valence-electron chi connectivity index (χ0n) is 10.5. The predicted octanol–water partition coefficient (Wildman–Crippen LogP) is 3.74. The number of aliphatic hydroxyl groups excluding tert-OH is 1. The summed E-state index contributed by atoms with van der Waals surface area (Å²) in [6.07, 6.45) is 6.53. The van der Waals surface area contributed by atoms with Crippen LogP contribution in [0, 0.1) is 4.91 Å². The van der Waals surface area contributed by atoms with Gasteiger partial charge in [0.15, 0.2) is 0 Å². The SMILES string of the molecule is O=NC1CCCCCC(O)CCCCC(F)C1. The van der Waals surface area contributed by atoms with E-state index in [2.05, 4.69) is 5.18 Å². The van der Waals surface area contributed by atoms with Crippen molar-refractivity contribution in [1.29, 1.82) is 0 Å². The van der Waals surface area contributed by atoms with Crippen LogP contribution in [0.1, 0.15) is 64.2 Å². The van der Waals surface area contributed by atoms with Crippen molar-refractivity contribution in [3.63, 3.8) is 0 Å². The van der Waals surface area contributed by atoms with E-state index in [1.165, 1.54) is 0 Å². The Morgan fingerprint density at radius 2 is 1.53 bits per heavy atom. The topological polar surface area (TPSA) is 49.7 Å². The summed E-state index contributed by atoms with van der Waals surface area (Å²) in [4.78, 5) is 10.6. The van der Waals surface area contributed by atoms with E-state index in [4.69, 9.17) is 0 Å². The van der Waals surface area contributed by atoms with E-state index in [1.54, 1.807) is 0 Å². The summed E-state index contributed by atoms with van der Waals surface area (Å²) < 4.78 is 13.5. The zero-order chi connectivity index (χ0) is 12.5. The van der Waals surface area contributed by atoms with Crippen molar-refractivity contribution in [3.8, 4) is 0 Å². The van der Waals surface area contributed by atoms with Crippen LogP contribution in [0.25, 0.3) is 0 Å². The molecule has 1 rings (SSSR count). The number of hydrogen-bond donors (Lipinski definition) is 1. The van der Waals surface area contributed by atoms with Gasteiger partial charge in [-0.25, -0.2) is 4.39 Å².